The topological polar surface area (TPSA) is 82.7 Å². The summed E-state index contributed by atoms with van der Waals surface area (Å²) < 4.78 is 5.53. The zero-order chi connectivity index (χ0) is 21.1. The molecule has 2 N–H and O–H groups in total. The molecule has 0 saturated carbocycles. The Balaban J connectivity index is 0.00000450. The summed E-state index contributed by atoms with van der Waals surface area (Å²) in [6.45, 7) is 2.52. The van der Waals surface area contributed by atoms with E-state index in [0.29, 0.717) is 18.0 Å². The van der Waals surface area contributed by atoms with Gasteiger partial charge in [-0.3, -0.25) is 0 Å². The summed E-state index contributed by atoms with van der Waals surface area (Å²) in [5.74, 6) is 0.762. The number of nitrogens with one attached hydrogen (secondary N) is 2. The molecule has 2 aromatic rings. The van der Waals surface area contributed by atoms with E-state index in [1.54, 1.807) is 14.1 Å². The van der Waals surface area contributed by atoms with Crippen LogP contribution in [0.4, 0.5) is 0 Å². The van der Waals surface area contributed by atoms with Crippen molar-refractivity contribution in [1.82, 2.24) is 10.6 Å². The third-order valence-electron chi connectivity index (χ3n) is 3.62. The van der Waals surface area contributed by atoms with Crippen molar-refractivity contribution in [3.05, 3.63) is 65.7 Å². The van der Waals surface area contributed by atoms with Crippen LogP contribution in [0.5, 0.6) is 5.75 Å². The predicted octanol–water partition coefficient (Wildman–Crippen LogP) is 2.44. The fourth-order valence-electron chi connectivity index (χ4n) is 2.25. The van der Waals surface area contributed by atoms with E-state index in [0.717, 1.165) is 16.9 Å². The molecule has 0 aromatic heterocycles. The minimum absolute atomic E-state index is 0. The molecular weight excluding hydrogens is 468 g/mol. The average Bonchev–Trinajstić information content (AvgIpc) is 2.77. The van der Waals surface area contributed by atoms with Crippen molar-refractivity contribution in [3.63, 3.8) is 0 Å². The van der Waals surface area contributed by atoms with Crippen molar-refractivity contribution in [2.75, 3.05) is 20.7 Å². The van der Waals surface area contributed by atoms with Gasteiger partial charge in [-0.25, -0.2) is 0 Å². The molecule has 0 bridgehead atoms. The molecule has 2 rings (SSSR count). The predicted molar refractivity (Wildman–Crippen MR) is 125 cm³/mol. The first kappa shape index (κ1) is 25.5. The molecule has 0 aliphatic rings. The van der Waals surface area contributed by atoms with E-state index in [4.69, 9.17) is 30.0 Å². The van der Waals surface area contributed by atoms with E-state index < -0.39 is 0 Å². The van der Waals surface area contributed by atoms with E-state index in [2.05, 4.69) is 31.0 Å². The van der Waals surface area contributed by atoms with Crippen molar-refractivity contribution in [2.24, 2.45) is 20.4 Å². The largest absolute Gasteiger partial charge is 2.00 e. The molecule has 0 unspecified atom stereocenters. The maximum atomic E-state index is 5.53. The minimum Gasteiger partial charge on any atom is -0.741 e. The summed E-state index contributed by atoms with van der Waals surface area (Å²) in [6, 6.07) is 17.1. The van der Waals surface area contributed by atoms with Crippen molar-refractivity contribution >= 4 is 47.0 Å². The molecule has 0 fully saturated rings. The van der Waals surface area contributed by atoms with Gasteiger partial charge in [-0.1, -0.05) is 30.3 Å². The Bertz CT molecular complexity index is 915. The molecular formula is C20H22CuN6OS2. The zero-order valence-electron chi connectivity index (χ0n) is 16.7. The first-order valence-corrected chi connectivity index (χ1v) is 9.70. The van der Waals surface area contributed by atoms with Crippen LogP contribution in [0.15, 0.2) is 75.0 Å². The first-order chi connectivity index (χ1) is 14.1. The van der Waals surface area contributed by atoms with Crippen LogP contribution in [0, 0.1) is 0 Å². The summed E-state index contributed by atoms with van der Waals surface area (Å²) in [5.41, 5.74) is 2.60. The Labute approximate surface area is 198 Å². The van der Waals surface area contributed by atoms with E-state index in [1.807, 2.05) is 61.5 Å². The van der Waals surface area contributed by atoms with Crippen molar-refractivity contribution in [1.29, 1.82) is 0 Å². The summed E-state index contributed by atoms with van der Waals surface area (Å²) in [4.78, 5) is 0. The quantitative estimate of drug-likeness (QED) is 0.205. The van der Waals surface area contributed by atoms with Crippen LogP contribution in [0.3, 0.4) is 0 Å². The van der Waals surface area contributed by atoms with Crippen LogP contribution in [0.2, 0.25) is 0 Å². The van der Waals surface area contributed by atoms with Crippen molar-refractivity contribution < 1.29 is 21.8 Å². The Morgan fingerprint density at radius 2 is 1.23 bits per heavy atom. The number of hydrogen-bond acceptors (Lipinski definition) is 7. The van der Waals surface area contributed by atoms with E-state index in [9.17, 15) is 0 Å². The third-order valence-corrected chi connectivity index (χ3v) is 4.19. The summed E-state index contributed by atoms with van der Waals surface area (Å²) in [7, 11) is 3.37. The van der Waals surface area contributed by atoms with Gasteiger partial charge in [0.15, 0.2) is 0 Å². The Hall–Kier alpha value is -2.52. The number of ether oxygens (including phenoxy) is 1. The standard InChI is InChI=1S/C20H24N6OS2.Cu/c1-4-27-16-12-10-15(11-13-16)18(24-26-20(29)22-3)17(23-25-19(28)21-2)14-8-6-5-7-9-14;/h5-13H,4H2,1-3H3,(H2,21,25,28)(H2,22,26,29);/q;+2/p-2. The maximum Gasteiger partial charge on any atom is 2.00 e. The number of rotatable bonds is 7. The van der Waals surface area contributed by atoms with Crippen LogP contribution in [0.25, 0.3) is 0 Å². The fraction of sp³-hybridized carbons (Fsp3) is 0.200. The van der Waals surface area contributed by atoms with Gasteiger partial charge in [0.2, 0.25) is 0 Å². The van der Waals surface area contributed by atoms with Gasteiger partial charge in [0.1, 0.15) is 17.2 Å². The second-order valence-corrected chi connectivity index (χ2v) is 6.30. The van der Waals surface area contributed by atoms with E-state index in [1.165, 1.54) is 0 Å². The summed E-state index contributed by atoms with van der Waals surface area (Å²) in [6.07, 6.45) is 0. The van der Waals surface area contributed by atoms with Crippen molar-refractivity contribution in [2.45, 2.75) is 6.92 Å². The molecule has 2 aromatic carbocycles. The molecule has 30 heavy (non-hydrogen) atoms. The van der Waals surface area contributed by atoms with Gasteiger partial charge in [0.25, 0.3) is 0 Å². The van der Waals surface area contributed by atoms with Crippen LogP contribution in [0.1, 0.15) is 18.1 Å². The Morgan fingerprint density at radius 3 is 1.67 bits per heavy atom. The molecule has 0 amide bonds. The number of benzene rings is 2. The van der Waals surface area contributed by atoms with E-state index >= 15 is 0 Å². The first-order valence-electron chi connectivity index (χ1n) is 8.88. The Morgan fingerprint density at radius 1 is 0.767 bits per heavy atom. The normalized spacial score (nSPS) is 12.8. The van der Waals surface area contributed by atoms with Gasteiger partial charge in [-0.05, 0) is 41.5 Å². The van der Waals surface area contributed by atoms with Crippen LogP contribution in [-0.2, 0) is 42.3 Å². The van der Waals surface area contributed by atoms with Gasteiger partial charge in [0, 0.05) is 25.2 Å². The maximum absolute atomic E-state index is 5.53. The molecule has 0 heterocycles. The van der Waals surface area contributed by atoms with Crippen LogP contribution < -0.4 is 15.4 Å². The van der Waals surface area contributed by atoms with Gasteiger partial charge in [-0.15, -0.1) is 10.2 Å². The molecule has 10 heteroatoms. The molecule has 161 valence electrons. The van der Waals surface area contributed by atoms with Gasteiger partial charge in [-0.2, -0.15) is 10.2 Å². The van der Waals surface area contributed by atoms with E-state index in [-0.39, 0.29) is 27.4 Å². The number of nitrogens with zero attached hydrogens (tertiary/aromatic N) is 4. The molecule has 1 radical (unpaired) electrons. The SMILES string of the molecule is CCOc1ccc(C(=NN=C([S-])NC)C(=NN=C([S-])NC)c2ccccc2)cc1.[Cu+2]. The number of hydrogen-bond donors (Lipinski definition) is 2. The average molecular weight is 490 g/mol. The molecule has 0 saturated heterocycles. The Kier molecular flexibility index (Phi) is 11.6. The number of amidine groups is 2. The fourth-order valence-corrected chi connectivity index (χ4v) is 2.33. The third kappa shape index (κ3) is 7.72. The van der Waals surface area contributed by atoms with Gasteiger partial charge >= 0.3 is 17.1 Å². The molecule has 0 spiro atoms. The smallest absolute Gasteiger partial charge is 0.741 e. The van der Waals surface area contributed by atoms with Crippen LogP contribution in [-0.4, -0.2) is 42.5 Å². The van der Waals surface area contributed by atoms with Crippen molar-refractivity contribution in [3.8, 4) is 5.75 Å². The minimum atomic E-state index is 0. The van der Waals surface area contributed by atoms with Gasteiger partial charge < -0.3 is 40.6 Å². The summed E-state index contributed by atoms with van der Waals surface area (Å²) >= 11 is 10.2. The molecule has 0 atom stereocenters. The second kappa shape index (κ2) is 13.7. The molecule has 7 nitrogen and oxygen atoms in total. The summed E-state index contributed by atoms with van der Waals surface area (Å²) in [5, 5.41) is 22.9. The van der Waals surface area contributed by atoms with Gasteiger partial charge in [0.05, 0.1) is 6.61 Å². The molecule has 0 aliphatic carbocycles. The molecule has 0 aliphatic heterocycles. The monoisotopic (exact) mass is 489 g/mol. The second-order valence-electron chi connectivity index (χ2n) is 5.53. The van der Waals surface area contributed by atoms with Crippen LogP contribution >= 0.6 is 0 Å². The zero-order valence-corrected chi connectivity index (χ0v) is 19.3.